The maximum atomic E-state index is 12.4. The van der Waals surface area contributed by atoms with Crippen molar-refractivity contribution < 1.29 is 38.9 Å². The van der Waals surface area contributed by atoms with E-state index in [2.05, 4.69) is 22.0 Å². The Balaban J connectivity index is 0.000000469. The van der Waals surface area contributed by atoms with Gasteiger partial charge in [0.1, 0.15) is 0 Å². The highest BCUT2D eigenvalue weighted by molar-refractivity contribution is 6.27. The fourth-order valence-electron chi connectivity index (χ4n) is 2.99. The molecule has 0 radical (unpaired) electrons. The van der Waals surface area contributed by atoms with E-state index in [9.17, 15) is 9.59 Å². The molecule has 1 saturated heterocycles. The second-order valence-electron chi connectivity index (χ2n) is 6.68. The summed E-state index contributed by atoms with van der Waals surface area (Å²) >= 11 is 0. The van der Waals surface area contributed by atoms with E-state index in [1.165, 1.54) is 6.92 Å². The second kappa shape index (κ2) is 10.6. The van der Waals surface area contributed by atoms with Crippen LogP contribution in [0.5, 0.6) is 11.5 Å². The lowest BCUT2D eigenvalue weighted by Gasteiger charge is -2.33. The average molecular weight is 423 g/mol. The minimum absolute atomic E-state index is 0.124. The zero-order chi connectivity index (χ0) is 22.3. The average Bonchev–Trinajstić information content (AvgIpc) is 3.15. The van der Waals surface area contributed by atoms with E-state index in [1.54, 1.807) is 12.1 Å². The number of nitrogens with zero attached hydrogens (tertiary/aromatic N) is 2. The van der Waals surface area contributed by atoms with Crippen molar-refractivity contribution in [3.05, 3.63) is 17.7 Å². The van der Waals surface area contributed by atoms with Crippen molar-refractivity contribution >= 4 is 29.3 Å². The molecule has 0 spiro atoms. The van der Waals surface area contributed by atoms with Crippen molar-refractivity contribution in [3.8, 4) is 11.5 Å². The molecule has 11 nitrogen and oxygen atoms in total. The van der Waals surface area contributed by atoms with Crippen LogP contribution in [0, 0.1) is 0 Å². The highest BCUT2D eigenvalue weighted by atomic mass is 16.7. The van der Waals surface area contributed by atoms with Gasteiger partial charge in [-0.1, -0.05) is 6.92 Å². The smallest absolute Gasteiger partial charge is 0.414 e. The van der Waals surface area contributed by atoms with Gasteiger partial charge in [0.15, 0.2) is 17.3 Å². The molecule has 3 N–H and O–H groups in total. The number of aliphatic carboxylic acids is 2. The van der Waals surface area contributed by atoms with Crippen LogP contribution < -0.4 is 14.8 Å². The Morgan fingerprint density at radius 2 is 1.50 bits per heavy atom. The summed E-state index contributed by atoms with van der Waals surface area (Å²) in [4.78, 5) is 46.9. The maximum absolute atomic E-state index is 12.4. The number of nitrogens with one attached hydrogen (secondary N) is 1. The van der Waals surface area contributed by atoms with Crippen molar-refractivity contribution in [2.75, 3.05) is 51.4 Å². The van der Waals surface area contributed by atoms with Crippen molar-refractivity contribution in [1.29, 1.82) is 0 Å². The molecule has 0 atom stereocenters. The van der Waals surface area contributed by atoms with Crippen molar-refractivity contribution in [2.45, 2.75) is 13.8 Å². The topological polar surface area (TPSA) is 146 Å². The van der Waals surface area contributed by atoms with Gasteiger partial charge in [-0.05, 0) is 19.5 Å². The summed E-state index contributed by atoms with van der Waals surface area (Å²) in [5, 5.41) is 17.6. The first kappa shape index (κ1) is 23.1. The van der Waals surface area contributed by atoms with Crippen LogP contribution in [0.1, 0.15) is 24.2 Å². The van der Waals surface area contributed by atoms with Gasteiger partial charge in [-0.25, -0.2) is 9.59 Å². The van der Waals surface area contributed by atoms with Gasteiger partial charge >= 0.3 is 11.9 Å². The number of carboxylic acids is 2. The number of carboxylic acid groups (broad SMARTS) is 2. The lowest BCUT2D eigenvalue weighted by atomic mass is 10.1. The van der Waals surface area contributed by atoms with E-state index in [0.29, 0.717) is 29.3 Å². The Morgan fingerprint density at radius 3 is 2.00 bits per heavy atom. The Hall–Kier alpha value is -3.18. The van der Waals surface area contributed by atoms with Gasteiger partial charge in [-0.15, -0.1) is 0 Å². The lowest BCUT2D eigenvalue weighted by Crippen LogP contribution is -2.48. The van der Waals surface area contributed by atoms with Crippen LogP contribution in [0.25, 0.3) is 0 Å². The van der Waals surface area contributed by atoms with Gasteiger partial charge in [0.2, 0.25) is 12.7 Å². The number of carbonyl (C=O) groups is 4. The van der Waals surface area contributed by atoms with Gasteiger partial charge in [0.25, 0.3) is 0 Å². The number of fused-ring (bicyclic) bond motifs is 1. The molecule has 0 saturated carbocycles. The SMILES string of the molecule is CCN1CCN(CC(=O)Nc2cc3c(cc2C(C)=O)OCO3)CC1.O=C(O)C(=O)O. The number of ether oxygens (including phenoxy) is 2. The number of benzene rings is 1. The van der Waals surface area contributed by atoms with Crippen molar-refractivity contribution in [3.63, 3.8) is 0 Å². The van der Waals surface area contributed by atoms with Crippen LogP contribution in [0.4, 0.5) is 5.69 Å². The number of anilines is 1. The van der Waals surface area contributed by atoms with Gasteiger partial charge in [-0.3, -0.25) is 14.5 Å². The van der Waals surface area contributed by atoms with Crippen LogP contribution in [-0.2, 0) is 14.4 Å². The molecule has 0 aliphatic carbocycles. The van der Waals surface area contributed by atoms with Crippen LogP contribution in [0.3, 0.4) is 0 Å². The third kappa shape index (κ3) is 6.42. The molecule has 1 aromatic carbocycles. The zero-order valence-corrected chi connectivity index (χ0v) is 16.8. The van der Waals surface area contributed by atoms with Crippen molar-refractivity contribution in [2.24, 2.45) is 0 Å². The zero-order valence-electron chi connectivity index (χ0n) is 16.8. The first-order valence-corrected chi connectivity index (χ1v) is 9.36. The highest BCUT2D eigenvalue weighted by Gasteiger charge is 2.22. The predicted octanol–water partition coefficient (Wildman–Crippen LogP) is 0.350. The number of piperazine rings is 1. The number of hydrogen-bond acceptors (Lipinski definition) is 8. The number of rotatable bonds is 5. The highest BCUT2D eigenvalue weighted by Crippen LogP contribution is 2.37. The minimum atomic E-state index is -1.82. The number of amides is 1. The number of Topliss-reactive ketones (excluding diaryl/α,β-unsaturated/α-hetero) is 1. The summed E-state index contributed by atoms with van der Waals surface area (Å²) in [6.45, 7) is 8.82. The van der Waals surface area contributed by atoms with E-state index in [1.807, 2.05) is 0 Å². The molecule has 0 aromatic heterocycles. The number of hydrogen-bond donors (Lipinski definition) is 3. The second-order valence-corrected chi connectivity index (χ2v) is 6.68. The molecule has 0 bridgehead atoms. The fraction of sp³-hybridized carbons (Fsp3) is 0.474. The van der Waals surface area contributed by atoms with Gasteiger partial charge in [-0.2, -0.15) is 0 Å². The molecule has 0 unspecified atom stereocenters. The molecule has 2 aliphatic rings. The summed E-state index contributed by atoms with van der Waals surface area (Å²) in [6, 6.07) is 3.28. The molecule has 2 aliphatic heterocycles. The van der Waals surface area contributed by atoms with Crippen LogP contribution in [0.15, 0.2) is 12.1 Å². The van der Waals surface area contributed by atoms with E-state index < -0.39 is 11.9 Å². The quantitative estimate of drug-likeness (QED) is 0.448. The standard InChI is InChI=1S/C17H23N3O4.C2H2O4/c1-3-19-4-6-20(7-5-19)10-17(22)18-14-9-16-15(23-11-24-16)8-13(14)12(2)21;3-1(4)2(5)6/h8-9H,3-7,10-11H2,1-2H3,(H,18,22);(H,3,4)(H,5,6). The molecular weight excluding hydrogens is 398 g/mol. The van der Waals surface area contributed by atoms with Gasteiger partial charge in [0, 0.05) is 37.8 Å². The molecule has 11 heteroatoms. The van der Waals surface area contributed by atoms with E-state index >= 15 is 0 Å². The summed E-state index contributed by atoms with van der Waals surface area (Å²) in [6.07, 6.45) is 0. The summed E-state index contributed by atoms with van der Waals surface area (Å²) in [5.74, 6) is -2.81. The minimum Gasteiger partial charge on any atom is -0.473 e. The van der Waals surface area contributed by atoms with Gasteiger partial charge in [0.05, 0.1) is 12.2 Å². The van der Waals surface area contributed by atoms with E-state index in [-0.39, 0.29) is 18.5 Å². The molecule has 2 heterocycles. The van der Waals surface area contributed by atoms with Crippen LogP contribution in [0.2, 0.25) is 0 Å². The third-order valence-electron chi connectivity index (χ3n) is 4.63. The Morgan fingerprint density at radius 1 is 0.967 bits per heavy atom. The molecule has 3 rings (SSSR count). The molecule has 30 heavy (non-hydrogen) atoms. The van der Waals surface area contributed by atoms with Crippen LogP contribution >= 0.6 is 0 Å². The molecule has 164 valence electrons. The van der Waals surface area contributed by atoms with E-state index in [0.717, 1.165) is 32.7 Å². The normalized spacial score (nSPS) is 15.7. The maximum Gasteiger partial charge on any atom is 0.414 e. The first-order valence-electron chi connectivity index (χ1n) is 9.36. The largest absolute Gasteiger partial charge is 0.473 e. The third-order valence-corrected chi connectivity index (χ3v) is 4.63. The van der Waals surface area contributed by atoms with Crippen molar-refractivity contribution in [1.82, 2.24) is 9.80 Å². The lowest BCUT2D eigenvalue weighted by molar-refractivity contribution is -0.159. The Labute approximate surface area is 173 Å². The number of ketones is 1. The molecular formula is C19H25N3O8. The van der Waals surface area contributed by atoms with Gasteiger partial charge < -0.3 is 29.9 Å². The molecule has 1 aromatic rings. The predicted molar refractivity (Wildman–Crippen MR) is 105 cm³/mol. The van der Waals surface area contributed by atoms with E-state index in [4.69, 9.17) is 29.3 Å². The van der Waals surface area contributed by atoms with Crippen LogP contribution in [-0.4, -0.2) is 89.7 Å². The molecule has 1 amide bonds. The summed E-state index contributed by atoms with van der Waals surface area (Å²) in [5.41, 5.74) is 0.910. The number of carbonyl (C=O) groups excluding carboxylic acids is 2. The molecule has 1 fully saturated rings. The summed E-state index contributed by atoms with van der Waals surface area (Å²) in [7, 11) is 0. The fourth-order valence-corrected chi connectivity index (χ4v) is 2.99. The monoisotopic (exact) mass is 423 g/mol. The first-order chi connectivity index (χ1) is 14.2. The Kier molecular flexibility index (Phi) is 8.13. The summed E-state index contributed by atoms with van der Waals surface area (Å²) < 4.78 is 10.6. The Bertz CT molecular complexity index is 806. The number of likely N-dealkylation sites (N-methyl/N-ethyl adjacent to an activating group) is 1.